The third-order valence-corrected chi connectivity index (χ3v) is 11.9. The highest BCUT2D eigenvalue weighted by Crippen LogP contribution is 2.60. The second-order valence-corrected chi connectivity index (χ2v) is 15.0. The van der Waals surface area contributed by atoms with Gasteiger partial charge in [0.05, 0.1) is 6.57 Å². The van der Waals surface area contributed by atoms with Crippen LogP contribution in [0.5, 0.6) is 0 Å². The van der Waals surface area contributed by atoms with Crippen LogP contribution in [-0.2, 0) is 5.41 Å². The molecule has 0 aliphatic heterocycles. The number of nitrogens with zero attached hydrogens (tertiary/aromatic N) is 4. The van der Waals surface area contributed by atoms with Gasteiger partial charge in [-0.2, -0.15) is 0 Å². The Balaban J connectivity index is 1.13. The molecular formula is C46H36N4. The molecule has 0 spiro atoms. The van der Waals surface area contributed by atoms with Crippen molar-refractivity contribution in [3.63, 3.8) is 0 Å². The summed E-state index contributed by atoms with van der Waals surface area (Å²) in [7, 11) is 0. The highest BCUT2D eigenvalue weighted by atomic mass is 15.0. The number of aromatic nitrogens is 3. The molecule has 4 heteroatoms. The second-order valence-electron chi connectivity index (χ2n) is 15.0. The molecule has 0 unspecified atom stereocenters. The zero-order valence-corrected chi connectivity index (χ0v) is 27.9. The maximum Gasteiger partial charge on any atom is 0.187 e. The molecular weight excluding hydrogens is 609 g/mol. The van der Waals surface area contributed by atoms with E-state index in [1.807, 2.05) is 54.6 Å². The van der Waals surface area contributed by atoms with Crippen LogP contribution in [0.15, 0.2) is 127 Å². The summed E-state index contributed by atoms with van der Waals surface area (Å²) in [5.41, 5.74) is 7.75. The van der Waals surface area contributed by atoms with E-state index in [9.17, 15) is 0 Å². The van der Waals surface area contributed by atoms with Crippen LogP contribution in [0.3, 0.4) is 0 Å². The first-order valence-corrected chi connectivity index (χ1v) is 18.0. The van der Waals surface area contributed by atoms with Crippen molar-refractivity contribution in [1.29, 1.82) is 0 Å². The van der Waals surface area contributed by atoms with Gasteiger partial charge in [-0.3, -0.25) is 0 Å². The minimum Gasteiger partial charge on any atom is -0.238 e. The SMILES string of the molecule is [C-]#[N+]c1ccc(-c2nc(-c3ccccc3)nc(-c3ccc(-c4ccc(C56CC7CC(CC(C7)C5)C6)cc4)c4cc5ccccc5cc34)n2)cc1. The molecule has 240 valence electrons. The normalized spacial score (nSPS) is 22.2. The zero-order chi connectivity index (χ0) is 33.2. The molecule has 4 aliphatic rings. The van der Waals surface area contributed by atoms with Gasteiger partial charge in [0, 0.05) is 16.7 Å². The third kappa shape index (κ3) is 4.91. The van der Waals surface area contributed by atoms with Crippen LogP contribution in [0, 0.1) is 24.3 Å². The molecule has 4 aliphatic carbocycles. The van der Waals surface area contributed by atoms with Crippen molar-refractivity contribution in [3.8, 4) is 45.3 Å². The van der Waals surface area contributed by atoms with E-state index < -0.39 is 0 Å². The predicted molar refractivity (Wildman–Crippen MR) is 203 cm³/mol. The predicted octanol–water partition coefficient (Wildman–Crippen LogP) is 11.9. The molecule has 6 aromatic carbocycles. The molecule has 0 atom stereocenters. The summed E-state index contributed by atoms with van der Waals surface area (Å²) in [6, 6.07) is 44.9. The van der Waals surface area contributed by atoms with Crippen LogP contribution < -0.4 is 0 Å². The Morgan fingerprint density at radius 3 is 1.60 bits per heavy atom. The number of fused-ring (bicyclic) bond motifs is 2. The van der Waals surface area contributed by atoms with Crippen LogP contribution >= 0.6 is 0 Å². The summed E-state index contributed by atoms with van der Waals surface area (Å²) in [6.45, 7) is 7.40. The summed E-state index contributed by atoms with van der Waals surface area (Å²) >= 11 is 0. The van der Waals surface area contributed by atoms with E-state index in [4.69, 9.17) is 21.5 Å². The molecule has 4 nitrogen and oxygen atoms in total. The Hall–Kier alpha value is -5.66. The van der Waals surface area contributed by atoms with Crippen LogP contribution in [0.2, 0.25) is 0 Å². The van der Waals surface area contributed by atoms with Gasteiger partial charge >= 0.3 is 0 Å². The van der Waals surface area contributed by atoms with Crippen LogP contribution in [-0.4, -0.2) is 15.0 Å². The molecule has 1 aromatic heterocycles. The zero-order valence-electron chi connectivity index (χ0n) is 27.9. The lowest BCUT2D eigenvalue weighted by Crippen LogP contribution is -2.48. The minimum absolute atomic E-state index is 0.387. The van der Waals surface area contributed by atoms with Crippen molar-refractivity contribution in [1.82, 2.24) is 15.0 Å². The van der Waals surface area contributed by atoms with E-state index in [1.54, 1.807) is 5.56 Å². The second kappa shape index (κ2) is 11.5. The molecule has 4 bridgehead atoms. The molecule has 0 amide bonds. The van der Waals surface area contributed by atoms with Crippen LogP contribution in [0.4, 0.5) is 5.69 Å². The first kappa shape index (κ1) is 29.3. The van der Waals surface area contributed by atoms with Gasteiger partial charge in [0.15, 0.2) is 23.2 Å². The van der Waals surface area contributed by atoms with Gasteiger partial charge in [0.2, 0.25) is 0 Å². The highest BCUT2D eigenvalue weighted by Gasteiger charge is 2.51. The van der Waals surface area contributed by atoms with Gasteiger partial charge in [-0.25, -0.2) is 19.8 Å². The Kier molecular flexibility index (Phi) is 6.71. The Morgan fingerprint density at radius 2 is 1.00 bits per heavy atom. The van der Waals surface area contributed by atoms with E-state index in [1.165, 1.54) is 65.8 Å². The number of hydrogen-bond acceptors (Lipinski definition) is 3. The molecule has 4 fully saturated rings. The average Bonchev–Trinajstić information content (AvgIpc) is 3.16. The Bertz CT molecular complexity index is 2420. The van der Waals surface area contributed by atoms with Crippen molar-refractivity contribution in [3.05, 3.63) is 144 Å². The monoisotopic (exact) mass is 644 g/mol. The quantitative estimate of drug-likeness (QED) is 0.138. The molecule has 11 rings (SSSR count). The smallest absolute Gasteiger partial charge is 0.187 e. The molecule has 0 radical (unpaired) electrons. The standard InChI is InChI=1S/C46H36N4/c1-47-38-17-13-34(14-18-38)44-48-43(33-7-3-2-4-8-33)49-45(50-44)40-20-19-39(41-24-35-9-5-6-10-36(35)25-42(40)41)32-11-15-37(16-12-32)46-26-29-21-30(27-46)23-31(22-29)28-46/h2-20,24-25,29-31H,21-23,26-28H2. The fourth-order valence-electron chi connectivity index (χ4n) is 9.97. The summed E-state index contributed by atoms with van der Waals surface area (Å²) in [5.74, 6) is 4.64. The van der Waals surface area contributed by atoms with Crippen LogP contribution in [0.25, 0.3) is 71.7 Å². The first-order valence-electron chi connectivity index (χ1n) is 18.0. The van der Waals surface area contributed by atoms with E-state index in [0.717, 1.165) is 39.8 Å². The third-order valence-electron chi connectivity index (χ3n) is 11.9. The van der Waals surface area contributed by atoms with Gasteiger partial charge in [-0.15, -0.1) is 0 Å². The fourth-order valence-corrected chi connectivity index (χ4v) is 9.97. The summed E-state index contributed by atoms with van der Waals surface area (Å²) < 4.78 is 0. The summed E-state index contributed by atoms with van der Waals surface area (Å²) in [6.07, 6.45) is 8.54. The van der Waals surface area contributed by atoms with Gasteiger partial charge in [-0.1, -0.05) is 109 Å². The topological polar surface area (TPSA) is 43.0 Å². The Morgan fingerprint density at radius 1 is 0.500 bits per heavy atom. The molecule has 4 saturated carbocycles. The lowest BCUT2D eigenvalue weighted by atomic mass is 9.48. The van der Waals surface area contributed by atoms with Crippen molar-refractivity contribution < 1.29 is 0 Å². The molecule has 0 N–H and O–H groups in total. The van der Waals surface area contributed by atoms with Crippen molar-refractivity contribution in [2.45, 2.75) is 43.9 Å². The highest BCUT2D eigenvalue weighted by molar-refractivity contribution is 6.10. The molecule has 7 aromatic rings. The minimum atomic E-state index is 0.387. The maximum absolute atomic E-state index is 7.40. The van der Waals surface area contributed by atoms with Crippen molar-refractivity contribution in [2.24, 2.45) is 17.8 Å². The van der Waals surface area contributed by atoms with E-state index in [0.29, 0.717) is 28.6 Å². The summed E-state index contributed by atoms with van der Waals surface area (Å²) in [5, 5.41) is 4.70. The maximum atomic E-state index is 7.40. The van der Waals surface area contributed by atoms with E-state index in [-0.39, 0.29) is 0 Å². The first-order chi connectivity index (χ1) is 24.6. The van der Waals surface area contributed by atoms with E-state index >= 15 is 0 Å². The number of hydrogen-bond donors (Lipinski definition) is 0. The lowest BCUT2D eigenvalue weighted by Gasteiger charge is -2.57. The van der Waals surface area contributed by atoms with Gasteiger partial charge in [0.25, 0.3) is 0 Å². The van der Waals surface area contributed by atoms with Gasteiger partial charge in [0.1, 0.15) is 0 Å². The number of rotatable bonds is 5. The van der Waals surface area contributed by atoms with E-state index in [2.05, 4.69) is 77.6 Å². The largest absolute Gasteiger partial charge is 0.238 e. The number of benzene rings is 6. The fraction of sp³-hybridized carbons (Fsp3) is 0.217. The van der Waals surface area contributed by atoms with Crippen molar-refractivity contribution >= 4 is 27.2 Å². The lowest BCUT2D eigenvalue weighted by molar-refractivity contribution is -0.00518. The average molecular weight is 645 g/mol. The van der Waals surface area contributed by atoms with Gasteiger partial charge in [-0.05, 0) is 118 Å². The molecule has 50 heavy (non-hydrogen) atoms. The van der Waals surface area contributed by atoms with Gasteiger partial charge < -0.3 is 0 Å². The van der Waals surface area contributed by atoms with Crippen molar-refractivity contribution in [2.75, 3.05) is 0 Å². The van der Waals surface area contributed by atoms with Crippen LogP contribution in [0.1, 0.15) is 44.1 Å². The molecule has 1 heterocycles. The molecule has 0 saturated heterocycles. The summed E-state index contributed by atoms with van der Waals surface area (Å²) in [4.78, 5) is 18.7. The Labute approximate surface area is 292 Å².